The van der Waals surface area contributed by atoms with Crippen molar-refractivity contribution in [2.45, 2.75) is 26.2 Å². The van der Waals surface area contributed by atoms with E-state index in [9.17, 15) is 9.90 Å². The van der Waals surface area contributed by atoms with Gasteiger partial charge in [-0.1, -0.05) is 50.2 Å². The maximum Gasteiger partial charge on any atom is 0.170 e. The molecule has 0 aliphatic rings. The molecular formula is C17H18O2. The lowest BCUT2D eigenvalue weighted by molar-refractivity contribution is 0.0990. The highest BCUT2D eigenvalue weighted by Crippen LogP contribution is 2.24. The third-order valence-corrected chi connectivity index (χ3v) is 3.20. The number of carbonyl (C=O) groups excluding carboxylic acids is 1. The van der Waals surface area contributed by atoms with Gasteiger partial charge in [-0.3, -0.25) is 4.79 Å². The fraction of sp³-hybridized carbons (Fsp3) is 0.235. The number of aromatic hydroxyl groups is 1. The van der Waals surface area contributed by atoms with Gasteiger partial charge >= 0.3 is 0 Å². The number of hydrogen-bond acceptors (Lipinski definition) is 2. The lowest BCUT2D eigenvalue weighted by Crippen LogP contribution is -2.04. The van der Waals surface area contributed by atoms with E-state index in [0.717, 1.165) is 11.1 Å². The van der Waals surface area contributed by atoms with Gasteiger partial charge in [0.1, 0.15) is 5.75 Å². The van der Waals surface area contributed by atoms with Crippen molar-refractivity contribution in [2.24, 2.45) is 0 Å². The molecule has 19 heavy (non-hydrogen) atoms. The van der Waals surface area contributed by atoms with Crippen LogP contribution in [0.5, 0.6) is 5.75 Å². The molecule has 0 unspecified atom stereocenters. The first-order valence-electron chi connectivity index (χ1n) is 6.48. The van der Waals surface area contributed by atoms with E-state index in [0.29, 0.717) is 17.9 Å². The SMILES string of the molecule is CC(C)c1ccc(C(=O)Cc2ccccc2)c(O)c1. The van der Waals surface area contributed by atoms with Crippen molar-refractivity contribution in [1.82, 2.24) is 0 Å². The molecule has 0 amide bonds. The second-order valence-corrected chi connectivity index (χ2v) is 5.02. The zero-order valence-electron chi connectivity index (χ0n) is 11.3. The lowest BCUT2D eigenvalue weighted by atomic mass is 9.97. The summed E-state index contributed by atoms with van der Waals surface area (Å²) < 4.78 is 0. The second-order valence-electron chi connectivity index (χ2n) is 5.02. The Morgan fingerprint density at radius 3 is 2.37 bits per heavy atom. The summed E-state index contributed by atoms with van der Waals surface area (Å²) in [7, 11) is 0. The summed E-state index contributed by atoms with van der Waals surface area (Å²) in [6.45, 7) is 4.11. The number of ketones is 1. The summed E-state index contributed by atoms with van der Waals surface area (Å²) in [5, 5.41) is 9.97. The normalized spacial score (nSPS) is 10.7. The molecule has 0 aliphatic carbocycles. The number of benzene rings is 2. The molecule has 0 heterocycles. The third-order valence-electron chi connectivity index (χ3n) is 3.20. The van der Waals surface area contributed by atoms with Gasteiger partial charge in [0.15, 0.2) is 5.78 Å². The Labute approximate surface area is 113 Å². The Balaban J connectivity index is 2.20. The van der Waals surface area contributed by atoms with Gasteiger partial charge in [-0.05, 0) is 29.2 Å². The third kappa shape index (κ3) is 3.22. The van der Waals surface area contributed by atoms with Crippen LogP contribution in [0.3, 0.4) is 0 Å². The van der Waals surface area contributed by atoms with Crippen LogP contribution in [0, 0.1) is 0 Å². The minimum Gasteiger partial charge on any atom is -0.507 e. The average Bonchev–Trinajstić information content (AvgIpc) is 2.39. The van der Waals surface area contributed by atoms with Crippen molar-refractivity contribution in [3.8, 4) is 5.75 Å². The molecule has 0 fully saturated rings. The zero-order chi connectivity index (χ0) is 13.8. The summed E-state index contributed by atoms with van der Waals surface area (Å²) in [5.74, 6) is 0.357. The first kappa shape index (κ1) is 13.3. The number of hydrogen-bond donors (Lipinski definition) is 1. The number of carbonyl (C=O) groups is 1. The summed E-state index contributed by atoms with van der Waals surface area (Å²) in [6.07, 6.45) is 0.315. The minimum absolute atomic E-state index is 0.0565. The van der Waals surface area contributed by atoms with E-state index in [-0.39, 0.29) is 11.5 Å². The van der Waals surface area contributed by atoms with E-state index in [2.05, 4.69) is 13.8 Å². The van der Waals surface area contributed by atoms with E-state index in [4.69, 9.17) is 0 Å². The second kappa shape index (κ2) is 5.70. The largest absolute Gasteiger partial charge is 0.507 e. The van der Waals surface area contributed by atoms with Crippen LogP contribution in [0.1, 0.15) is 41.3 Å². The summed E-state index contributed by atoms with van der Waals surface area (Å²) in [6, 6.07) is 14.9. The Kier molecular flexibility index (Phi) is 4.00. The highest BCUT2D eigenvalue weighted by molar-refractivity contribution is 5.99. The first-order valence-corrected chi connectivity index (χ1v) is 6.48. The lowest BCUT2D eigenvalue weighted by Gasteiger charge is -2.09. The van der Waals surface area contributed by atoms with E-state index in [1.807, 2.05) is 36.4 Å². The molecule has 2 nitrogen and oxygen atoms in total. The molecule has 0 spiro atoms. The molecule has 0 radical (unpaired) electrons. The molecule has 2 aromatic carbocycles. The number of rotatable bonds is 4. The van der Waals surface area contributed by atoms with Crippen molar-refractivity contribution < 1.29 is 9.90 Å². The number of Topliss-reactive ketones (excluding diaryl/α,β-unsaturated/α-hetero) is 1. The molecule has 2 rings (SSSR count). The molecule has 0 saturated heterocycles. The van der Waals surface area contributed by atoms with Crippen LogP contribution in [0.15, 0.2) is 48.5 Å². The van der Waals surface area contributed by atoms with E-state index >= 15 is 0 Å². The number of phenolic OH excluding ortho intramolecular Hbond substituents is 1. The molecule has 2 aromatic rings. The monoisotopic (exact) mass is 254 g/mol. The Bertz CT molecular complexity index is 571. The summed E-state index contributed by atoms with van der Waals surface area (Å²) in [4.78, 5) is 12.2. The van der Waals surface area contributed by atoms with Crippen molar-refractivity contribution >= 4 is 5.78 Å². The fourth-order valence-corrected chi connectivity index (χ4v) is 2.02. The predicted octanol–water partition coefficient (Wildman–Crippen LogP) is 3.94. The van der Waals surface area contributed by atoms with E-state index < -0.39 is 0 Å². The molecule has 0 aromatic heterocycles. The van der Waals surface area contributed by atoms with Gasteiger partial charge in [0.05, 0.1) is 5.56 Å². The van der Waals surface area contributed by atoms with Gasteiger partial charge in [0.25, 0.3) is 0 Å². The van der Waals surface area contributed by atoms with Crippen LogP contribution >= 0.6 is 0 Å². The molecule has 98 valence electrons. The van der Waals surface area contributed by atoms with Gasteiger partial charge in [-0.15, -0.1) is 0 Å². The predicted molar refractivity (Wildman–Crippen MR) is 76.7 cm³/mol. The molecule has 2 heteroatoms. The van der Waals surface area contributed by atoms with Gasteiger partial charge in [-0.25, -0.2) is 0 Å². The smallest absolute Gasteiger partial charge is 0.170 e. The Morgan fingerprint density at radius 2 is 1.79 bits per heavy atom. The van der Waals surface area contributed by atoms with Crippen molar-refractivity contribution in [1.29, 1.82) is 0 Å². The fourth-order valence-electron chi connectivity index (χ4n) is 2.02. The van der Waals surface area contributed by atoms with Gasteiger partial charge < -0.3 is 5.11 Å². The molecule has 0 atom stereocenters. The van der Waals surface area contributed by atoms with E-state index in [1.165, 1.54) is 0 Å². The maximum absolute atomic E-state index is 12.2. The summed E-state index contributed by atoms with van der Waals surface area (Å²) >= 11 is 0. The van der Waals surface area contributed by atoms with Crippen LogP contribution in [0.2, 0.25) is 0 Å². The van der Waals surface area contributed by atoms with Crippen LogP contribution in [0.4, 0.5) is 0 Å². The van der Waals surface area contributed by atoms with Crippen LogP contribution in [-0.2, 0) is 6.42 Å². The Hall–Kier alpha value is -2.09. The van der Waals surface area contributed by atoms with Crippen LogP contribution in [0.25, 0.3) is 0 Å². The zero-order valence-corrected chi connectivity index (χ0v) is 11.3. The number of phenols is 1. The average molecular weight is 254 g/mol. The van der Waals surface area contributed by atoms with Crippen LogP contribution < -0.4 is 0 Å². The van der Waals surface area contributed by atoms with Crippen LogP contribution in [-0.4, -0.2) is 10.9 Å². The highest BCUT2D eigenvalue weighted by atomic mass is 16.3. The highest BCUT2D eigenvalue weighted by Gasteiger charge is 2.13. The van der Waals surface area contributed by atoms with Crippen molar-refractivity contribution in [3.63, 3.8) is 0 Å². The molecule has 0 aliphatic heterocycles. The molecule has 0 saturated carbocycles. The van der Waals surface area contributed by atoms with Crippen molar-refractivity contribution in [3.05, 3.63) is 65.2 Å². The van der Waals surface area contributed by atoms with Gasteiger partial charge in [-0.2, -0.15) is 0 Å². The maximum atomic E-state index is 12.2. The van der Waals surface area contributed by atoms with Gasteiger partial charge in [0, 0.05) is 6.42 Å². The topological polar surface area (TPSA) is 37.3 Å². The first-order chi connectivity index (χ1) is 9.08. The van der Waals surface area contributed by atoms with E-state index in [1.54, 1.807) is 12.1 Å². The molecule has 1 N–H and O–H groups in total. The van der Waals surface area contributed by atoms with Crippen molar-refractivity contribution in [2.75, 3.05) is 0 Å². The standard InChI is InChI=1S/C17H18O2/c1-12(2)14-8-9-15(17(19)11-14)16(18)10-13-6-4-3-5-7-13/h3-9,11-12,19H,10H2,1-2H3. The molecular weight excluding hydrogens is 236 g/mol. The van der Waals surface area contributed by atoms with Gasteiger partial charge in [0.2, 0.25) is 0 Å². The summed E-state index contributed by atoms with van der Waals surface area (Å²) in [5.41, 5.74) is 2.39. The minimum atomic E-state index is -0.0565. The quantitative estimate of drug-likeness (QED) is 0.839. The molecule has 0 bridgehead atoms. The Morgan fingerprint density at radius 1 is 1.11 bits per heavy atom.